The summed E-state index contributed by atoms with van der Waals surface area (Å²) in [6, 6.07) is 7.19. The maximum atomic E-state index is 12.3. The molecule has 0 fully saturated rings. The zero-order chi connectivity index (χ0) is 13.9. The first-order chi connectivity index (χ1) is 9.75. The van der Waals surface area contributed by atoms with Crippen LogP contribution in [0.1, 0.15) is 29.0 Å². The molecule has 20 heavy (non-hydrogen) atoms. The van der Waals surface area contributed by atoms with Gasteiger partial charge in [-0.15, -0.1) is 0 Å². The molecule has 1 N–H and O–H groups in total. The lowest BCUT2D eigenvalue weighted by atomic mass is 10.2. The molecule has 0 saturated heterocycles. The van der Waals surface area contributed by atoms with E-state index in [0.717, 1.165) is 5.69 Å². The SMILES string of the molecule is CC(NC(=O)c1cnn2cccnc12)c1ccccn1. The fourth-order valence-electron chi connectivity index (χ4n) is 1.97. The van der Waals surface area contributed by atoms with Crippen LogP contribution < -0.4 is 5.32 Å². The topological polar surface area (TPSA) is 72.2 Å². The van der Waals surface area contributed by atoms with Crippen LogP contribution in [0, 0.1) is 0 Å². The second-order valence-corrected chi connectivity index (χ2v) is 4.40. The minimum atomic E-state index is -0.211. The number of hydrogen-bond donors (Lipinski definition) is 1. The molecule has 0 saturated carbocycles. The molecule has 0 bridgehead atoms. The second-order valence-electron chi connectivity index (χ2n) is 4.40. The van der Waals surface area contributed by atoms with Gasteiger partial charge in [-0.1, -0.05) is 6.07 Å². The molecule has 3 aromatic rings. The van der Waals surface area contributed by atoms with Gasteiger partial charge in [0, 0.05) is 18.6 Å². The summed E-state index contributed by atoms with van der Waals surface area (Å²) in [4.78, 5) is 20.7. The van der Waals surface area contributed by atoms with Crippen LogP contribution in [0.5, 0.6) is 0 Å². The van der Waals surface area contributed by atoms with E-state index in [1.54, 1.807) is 29.2 Å². The molecule has 1 atom stereocenters. The highest BCUT2D eigenvalue weighted by atomic mass is 16.1. The van der Waals surface area contributed by atoms with Gasteiger partial charge in [-0.3, -0.25) is 9.78 Å². The molecule has 0 radical (unpaired) electrons. The van der Waals surface area contributed by atoms with Gasteiger partial charge in [0.2, 0.25) is 0 Å². The van der Waals surface area contributed by atoms with Gasteiger partial charge in [0.25, 0.3) is 5.91 Å². The first kappa shape index (κ1) is 12.3. The zero-order valence-electron chi connectivity index (χ0n) is 10.9. The van der Waals surface area contributed by atoms with E-state index in [1.807, 2.05) is 25.1 Å². The Hall–Kier alpha value is -2.76. The van der Waals surface area contributed by atoms with E-state index < -0.39 is 0 Å². The average Bonchev–Trinajstić information content (AvgIpc) is 2.92. The number of hydrogen-bond acceptors (Lipinski definition) is 4. The van der Waals surface area contributed by atoms with Gasteiger partial charge in [-0.2, -0.15) is 5.10 Å². The second kappa shape index (κ2) is 5.08. The predicted octanol–water partition coefficient (Wildman–Crippen LogP) is 1.62. The average molecular weight is 267 g/mol. The molecule has 3 aromatic heterocycles. The molecule has 3 heterocycles. The molecule has 0 aromatic carbocycles. The molecular formula is C14H13N5O. The van der Waals surface area contributed by atoms with Crippen LogP contribution >= 0.6 is 0 Å². The highest BCUT2D eigenvalue weighted by Crippen LogP contribution is 2.12. The maximum Gasteiger partial charge on any atom is 0.257 e. The highest BCUT2D eigenvalue weighted by Gasteiger charge is 2.16. The zero-order valence-corrected chi connectivity index (χ0v) is 10.9. The number of carbonyl (C=O) groups excluding carboxylic acids is 1. The summed E-state index contributed by atoms with van der Waals surface area (Å²) >= 11 is 0. The summed E-state index contributed by atoms with van der Waals surface area (Å²) in [6.07, 6.45) is 6.61. The summed E-state index contributed by atoms with van der Waals surface area (Å²) in [7, 11) is 0. The molecule has 100 valence electrons. The Kier molecular flexibility index (Phi) is 3.12. The van der Waals surface area contributed by atoms with Crippen molar-refractivity contribution in [2.45, 2.75) is 13.0 Å². The number of aromatic nitrogens is 4. The molecule has 6 nitrogen and oxygen atoms in total. The van der Waals surface area contributed by atoms with E-state index in [4.69, 9.17) is 0 Å². The molecule has 1 amide bonds. The summed E-state index contributed by atoms with van der Waals surface area (Å²) < 4.78 is 1.57. The van der Waals surface area contributed by atoms with Crippen LogP contribution in [0.3, 0.4) is 0 Å². The van der Waals surface area contributed by atoms with Crippen molar-refractivity contribution in [2.75, 3.05) is 0 Å². The third-order valence-corrected chi connectivity index (χ3v) is 3.00. The van der Waals surface area contributed by atoms with E-state index in [-0.39, 0.29) is 11.9 Å². The van der Waals surface area contributed by atoms with Gasteiger partial charge in [-0.25, -0.2) is 9.50 Å². The molecule has 0 spiro atoms. The molecule has 1 unspecified atom stereocenters. The highest BCUT2D eigenvalue weighted by molar-refractivity contribution is 5.99. The number of carbonyl (C=O) groups is 1. The first-order valence-corrected chi connectivity index (χ1v) is 6.26. The van der Waals surface area contributed by atoms with Crippen molar-refractivity contribution >= 4 is 11.6 Å². The van der Waals surface area contributed by atoms with Crippen LogP contribution in [-0.2, 0) is 0 Å². The van der Waals surface area contributed by atoms with Crippen LogP contribution in [-0.4, -0.2) is 25.5 Å². The Bertz CT molecular complexity index is 737. The first-order valence-electron chi connectivity index (χ1n) is 6.26. The van der Waals surface area contributed by atoms with E-state index in [0.29, 0.717) is 11.2 Å². The van der Waals surface area contributed by atoms with Crippen LogP contribution in [0.2, 0.25) is 0 Å². The predicted molar refractivity (Wildman–Crippen MR) is 73.1 cm³/mol. The van der Waals surface area contributed by atoms with Crippen molar-refractivity contribution in [3.8, 4) is 0 Å². The van der Waals surface area contributed by atoms with E-state index in [1.165, 1.54) is 6.20 Å². The minimum Gasteiger partial charge on any atom is -0.344 e. The Labute approximate surface area is 115 Å². The number of nitrogens with zero attached hydrogens (tertiary/aromatic N) is 4. The Morgan fingerprint density at radius 1 is 1.25 bits per heavy atom. The summed E-state index contributed by atoms with van der Waals surface area (Å²) in [5.41, 5.74) is 1.80. The number of pyridine rings is 1. The molecule has 0 aliphatic rings. The number of rotatable bonds is 3. The van der Waals surface area contributed by atoms with Gasteiger partial charge < -0.3 is 5.32 Å². The third-order valence-electron chi connectivity index (χ3n) is 3.00. The monoisotopic (exact) mass is 267 g/mol. The van der Waals surface area contributed by atoms with E-state index >= 15 is 0 Å². The van der Waals surface area contributed by atoms with Crippen molar-refractivity contribution in [3.63, 3.8) is 0 Å². The van der Waals surface area contributed by atoms with Crippen LogP contribution in [0.4, 0.5) is 0 Å². The van der Waals surface area contributed by atoms with Crippen LogP contribution in [0.25, 0.3) is 5.65 Å². The number of nitrogens with one attached hydrogen (secondary N) is 1. The molecular weight excluding hydrogens is 254 g/mol. The Morgan fingerprint density at radius 3 is 2.90 bits per heavy atom. The van der Waals surface area contributed by atoms with Crippen molar-refractivity contribution in [1.82, 2.24) is 24.9 Å². The van der Waals surface area contributed by atoms with Crippen molar-refractivity contribution in [2.24, 2.45) is 0 Å². The summed E-state index contributed by atoms with van der Waals surface area (Å²) in [6.45, 7) is 1.89. The quantitative estimate of drug-likeness (QED) is 0.782. The van der Waals surface area contributed by atoms with Crippen LogP contribution in [0.15, 0.2) is 49.1 Å². The van der Waals surface area contributed by atoms with Gasteiger partial charge in [0.15, 0.2) is 5.65 Å². The largest absolute Gasteiger partial charge is 0.344 e. The van der Waals surface area contributed by atoms with E-state index in [2.05, 4.69) is 20.4 Å². The van der Waals surface area contributed by atoms with E-state index in [9.17, 15) is 4.79 Å². The third kappa shape index (κ3) is 2.23. The minimum absolute atomic E-state index is 0.178. The summed E-state index contributed by atoms with van der Waals surface area (Å²) in [5, 5.41) is 6.99. The molecule has 6 heteroatoms. The lowest BCUT2D eigenvalue weighted by Gasteiger charge is -2.12. The van der Waals surface area contributed by atoms with Crippen molar-refractivity contribution in [3.05, 3.63) is 60.3 Å². The van der Waals surface area contributed by atoms with Crippen molar-refractivity contribution < 1.29 is 4.79 Å². The van der Waals surface area contributed by atoms with Gasteiger partial charge >= 0.3 is 0 Å². The normalized spacial score (nSPS) is 12.2. The Balaban J connectivity index is 1.83. The van der Waals surface area contributed by atoms with Gasteiger partial charge in [-0.05, 0) is 25.1 Å². The lowest BCUT2D eigenvalue weighted by Crippen LogP contribution is -2.27. The smallest absolute Gasteiger partial charge is 0.257 e. The maximum absolute atomic E-state index is 12.3. The lowest BCUT2D eigenvalue weighted by molar-refractivity contribution is 0.0940. The number of fused-ring (bicyclic) bond motifs is 1. The molecule has 3 rings (SSSR count). The Morgan fingerprint density at radius 2 is 2.10 bits per heavy atom. The number of amides is 1. The fourth-order valence-corrected chi connectivity index (χ4v) is 1.97. The van der Waals surface area contributed by atoms with Gasteiger partial charge in [0.05, 0.1) is 17.9 Å². The standard InChI is InChI=1S/C14H13N5O/c1-10(12-5-2-3-6-15-12)18-14(20)11-9-17-19-8-4-7-16-13(11)19/h2-10H,1H3,(H,18,20). The molecule has 0 aliphatic heterocycles. The van der Waals surface area contributed by atoms with Crippen molar-refractivity contribution in [1.29, 1.82) is 0 Å². The summed E-state index contributed by atoms with van der Waals surface area (Å²) in [5.74, 6) is -0.211. The molecule has 0 aliphatic carbocycles. The van der Waals surface area contributed by atoms with Gasteiger partial charge in [0.1, 0.15) is 5.56 Å². The fraction of sp³-hybridized carbons (Fsp3) is 0.143.